The van der Waals surface area contributed by atoms with Gasteiger partial charge in [-0.1, -0.05) is 12.8 Å². The van der Waals surface area contributed by atoms with Gasteiger partial charge in [0.05, 0.1) is 23.0 Å². The van der Waals surface area contributed by atoms with Gasteiger partial charge in [-0.05, 0) is 64.1 Å². The summed E-state index contributed by atoms with van der Waals surface area (Å²) in [5.74, 6) is 1.68. The lowest BCUT2D eigenvalue weighted by molar-refractivity contribution is 0.0345. The van der Waals surface area contributed by atoms with Gasteiger partial charge in [0.25, 0.3) is 5.91 Å². The number of nitrogens with zero attached hydrogens (tertiary/aromatic N) is 6. The Labute approximate surface area is 218 Å². The molecule has 0 radical (unpaired) electrons. The van der Waals surface area contributed by atoms with Gasteiger partial charge >= 0.3 is 0 Å². The molecule has 10 nitrogen and oxygen atoms in total. The maximum Gasteiger partial charge on any atom is 0.268 e. The monoisotopic (exact) mass is 506 g/mol. The van der Waals surface area contributed by atoms with Crippen LogP contribution in [0.15, 0.2) is 34.4 Å². The summed E-state index contributed by atoms with van der Waals surface area (Å²) >= 11 is 0. The molecule has 1 spiro atoms. The van der Waals surface area contributed by atoms with Gasteiger partial charge in [0, 0.05) is 39.3 Å². The summed E-state index contributed by atoms with van der Waals surface area (Å²) in [5, 5.41) is 16.4. The molecule has 1 saturated carbocycles. The number of aliphatic imine (C=N–C) groups is 2. The Morgan fingerprint density at radius 1 is 1.24 bits per heavy atom. The standard InChI is InChI=1S/C27H38N8O2/c1-19-15-21-24(36)30-17-27(9-5-6-10-27)35(21)23(19)32-25(28-4)31-22-8-7-20(16-29-22)34-13-11-33(12-14-34)18-26(2,3)37/h7-8,15-16,37H,4-6,9-14,17-18H2,1-3H3,(H,30,36)(H,29,31,32). The zero-order valence-corrected chi connectivity index (χ0v) is 22.1. The molecule has 4 heterocycles. The molecule has 1 saturated heterocycles. The number of carbonyl (C=O) groups is 1. The van der Waals surface area contributed by atoms with Crippen molar-refractivity contribution in [2.45, 2.75) is 57.6 Å². The second-order valence-electron chi connectivity index (χ2n) is 11.2. The van der Waals surface area contributed by atoms with Crippen molar-refractivity contribution in [2.24, 2.45) is 9.98 Å². The van der Waals surface area contributed by atoms with Crippen molar-refractivity contribution in [2.75, 3.05) is 49.5 Å². The Bertz CT molecular complexity index is 1180. The molecule has 1 aliphatic carbocycles. The van der Waals surface area contributed by atoms with E-state index in [2.05, 4.69) is 41.7 Å². The van der Waals surface area contributed by atoms with Gasteiger partial charge in [-0.25, -0.2) is 9.98 Å². The number of hydrogen-bond donors (Lipinski definition) is 3. The molecule has 2 aromatic rings. The van der Waals surface area contributed by atoms with E-state index in [1.807, 2.05) is 45.2 Å². The first-order chi connectivity index (χ1) is 17.7. The second-order valence-corrected chi connectivity index (χ2v) is 11.2. The highest BCUT2D eigenvalue weighted by atomic mass is 16.3. The molecule has 0 unspecified atom stereocenters. The van der Waals surface area contributed by atoms with Crippen LogP contribution < -0.4 is 15.5 Å². The number of rotatable bonds is 5. The van der Waals surface area contributed by atoms with Crippen molar-refractivity contribution in [3.8, 4) is 0 Å². The van der Waals surface area contributed by atoms with Gasteiger partial charge in [0.1, 0.15) is 17.3 Å². The molecule has 2 aliphatic heterocycles. The number of guanidine groups is 1. The number of nitrogens with one attached hydrogen (secondary N) is 2. The van der Waals surface area contributed by atoms with Crippen LogP contribution in [0.25, 0.3) is 0 Å². The van der Waals surface area contributed by atoms with Gasteiger partial charge in [-0.2, -0.15) is 4.99 Å². The van der Waals surface area contributed by atoms with Crippen LogP contribution >= 0.6 is 0 Å². The minimum atomic E-state index is -0.682. The maximum atomic E-state index is 12.6. The number of fused-ring (bicyclic) bond motifs is 2. The number of β-amino-alcohol motifs (C(OH)–C–C–N with tert-alkyl or cyclic N) is 1. The predicted molar refractivity (Wildman–Crippen MR) is 147 cm³/mol. The number of anilines is 2. The number of aliphatic hydroxyl groups is 1. The van der Waals surface area contributed by atoms with E-state index in [1.165, 1.54) is 0 Å². The molecule has 37 heavy (non-hydrogen) atoms. The highest BCUT2D eigenvalue weighted by Crippen LogP contribution is 2.43. The van der Waals surface area contributed by atoms with E-state index in [9.17, 15) is 9.90 Å². The minimum Gasteiger partial charge on any atom is -0.389 e. The van der Waals surface area contributed by atoms with Gasteiger partial charge in [0.2, 0.25) is 5.96 Å². The molecule has 10 heteroatoms. The van der Waals surface area contributed by atoms with Gasteiger partial charge < -0.3 is 25.2 Å². The van der Waals surface area contributed by atoms with E-state index in [4.69, 9.17) is 4.99 Å². The maximum absolute atomic E-state index is 12.6. The third kappa shape index (κ3) is 5.26. The fourth-order valence-corrected chi connectivity index (χ4v) is 5.93. The van der Waals surface area contributed by atoms with Gasteiger partial charge in [-0.3, -0.25) is 9.69 Å². The van der Waals surface area contributed by atoms with Crippen LogP contribution in [0.1, 0.15) is 55.6 Å². The van der Waals surface area contributed by atoms with Crippen molar-refractivity contribution in [1.82, 2.24) is 19.8 Å². The second kappa shape index (κ2) is 9.90. The average molecular weight is 507 g/mol. The van der Waals surface area contributed by atoms with Gasteiger partial charge in [0.15, 0.2) is 0 Å². The van der Waals surface area contributed by atoms with Crippen LogP contribution in [0.5, 0.6) is 0 Å². The van der Waals surface area contributed by atoms with E-state index < -0.39 is 5.60 Å². The third-order valence-electron chi connectivity index (χ3n) is 7.68. The largest absolute Gasteiger partial charge is 0.389 e. The first kappa shape index (κ1) is 25.4. The molecule has 0 aromatic carbocycles. The lowest BCUT2D eigenvalue weighted by Gasteiger charge is -2.38. The van der Waals surface area contributed by atoms with Crippen LogP contribution in [-0.2, 0) is 5.54 Å². The summed E-state index contributed by atoms with van der Waals surface area (Å²) in [6.07, 6.45) is 6.19. The van der Waals surface area contributed by atoms with Crippen molar-refractivity contribution < 1.29 is 9.90 Å². The van der Waals surface area contributed by atoms with Gasteiger partial charge in [-0.15, -0.1) is 0 Å². The van der Waals surface area contributed by atoms with Crippen LogP contribution in [-0.4, -0.2) is 83.0 Å². The van der Waals surface area contributed by atoms with E-state index >= 15 is 0 Å². The topological polar surface area (TPSA) is 110 Å². The summed E-state index contributed by atoms with van der Waals surface area (Å²) in [6.45, 7) is 14.3. The Kier molecular flexibility index (Phi) is 6.80. The number of pyridine rings is 1. The Balaban J connectivity index is 1.31. The summed E-state index contributed by atoms with van der Waals surface area (Å²) in [5.41, 5.74) is 1.85. The average Bonchev–Trinajstić information content (AvgIpc) is 3.47. The fraction of sp³-hybridized carbons (Fsp3) is 0.556. The van der Waals surface area contributed by atoms with E-state index in [0.29, 0.717) is 30.6 Å². The number of piperazine rings is 1. The fourth-order valence-electron chi connectivity index (χ4n) is 5.93. The Hall–Kier alpha value is -3.24. The zero-order chi connectivity index (χ0) is 26.2. The molecule has 2 aromatic heterocycles. The minimum absolute atomic E-state index is 0.0543. The molecule has 0 atom stereocenters. The summed E-state index contributed by atoms with van der Waals surface area (Å²) in [6, 6.07) is 5.89. The first-order valence-electron chi connectivity index (χ1n) is 13.2. The van der Waals surface area contributed by atoms with Crippen LogP contribution in [0.4, 0.5) is 17.3 Å². The molecule has 198 valence electrons. The van der Waals surface area contributed by atoms with Crippen LogP contribution in [0.2, 0.25) is 0 Å². The number of carbonyl (C=O) groups excluding carboxylic acids is 1. The molecule has 5 rings (SSSR count). The highest BCUT2D eigenvalue weighted by Gasteiger charge is 2.43. The first-order valence-corrected chi connectivity index (χ1v) is 13.2. The third-order valence-corrected chi connectivity index (χ3v) is 7.68. The van der Waals surface area contributed by atoms with Crippen molar-refractivity contribution in [3.05, 3.63) is 35.7 Å². The molecule has 3 aliphatic rings. The summed E-state index contributed by atoms with van der Waals surface area (Å²) in [7, 11) is 0. The Morgan fingerprint density at radius 2 is 1.97 bits per heavy atom. The van der Waals surface area contributed by atoms with Crippen molar-refractivity contribution in [3.63, 3.8) is 0 Å². The molecular weight excluding hydrogens is 468 g/mol. The molecule has 0 bridgehead atoms. The molecule has 3 N–H and O–H groups in total. The van der Waals surface area contributed by atoms with E-state index in [0.717, 1.165) is 68.9 Å². The SMILES string of the molecule is C=NC(=Nc1c(C)cc2n1C1(CCCC1)CNC2=O)Nc1ccc(N2CCN(CC(C)(C)O)CC2)cn1. The Morgan fingerprint density at radius 3 is 2.59 bits per heavy atom. The summed E-state index contributed by atoms with van der Waals surface area (Å²) < 4.78 is 2.13. The smallest absolute Gasteiger partial charge is 0.268 e. The van der Waals surface area contributed by atoms with Crippen LogP contribution in [0.3, 0.4) is 0 Å². The molecule has 1 amide bonds. The van der Waals surface area contributed by atoms with E-state index in [-0.39, 0.29) is 11.4 Å². The lowest BCUT2D eigenvalue weighted by atomic mass is 9.94. The quantitative estimate of drug-likeness (QED) is 0.425. The predicted octanol–water partition coefficient (Wildman–Crippen LogP) is 2.90. The zero-order valence-electron chi connectivity index (χ0n) is 22.1. The normalized spacial score (nSPS) is 20.2. The van der Waals surface area contributed by atoms with Crippen LogP contribution in [0, 0.1) is 6.92 Å². The molecule has 2 fully saturated rings. The van der Waals surface area contributed by atoms with E-state index in [1.54, 1.807) is 0 Å². The van der Waals surface area contributed by atoms with Crippen molar-refractivity contribution >= 4 is 35.9 Å². The number of aryl methyl sites for hydroxylation is 1. The van der Waals surface area contributed by atoms with Crippen molar-refractivity contribution in [1.29, 1.82) is 0 Å². The molecular formula is C27H38N8O2. The lowest BCUT2D eigenvalue weighted by Crippen LogP contribution is -2.50. The number of amides is 1. The highest BCUT2D eigenvalue weighted by molar-refractivity contribution is 5.99. The summed E-state index contributed by atoms with van der Waals surface area (Å²) in [4.78, 5) is 30.8. The number of hydrogen-bond acceptors (Lipinski definition) is 6. The number of aromatic nitrogens is 2.